The Kier molecular flexibility index (Phi) is 8.58. The van der Waals surface area contributed by atoms with Crippen LogP contribution in [0.3, 0.4) is 0 Å². The number of aromatic nitrogens is 1. The maximum atomic E-state index is 13.8. The number of anilines is 1. The largest absolute Gasteiger partial charge is 0.381 e. The van der Waals surface area contributed by atoms with Crippen molar-refractivity contribution in [3.63, 3.8) is 0 Å². The number of sulfone groups is 1. The van der Waals surface area contributed by atoms with Crippen LogP contribution in [0.5, 0.6) is 0 Å². The lowest BCUT2D eigenvalue weighted by Crippen LogP contribution is -2.40. The van der Waals surface area contributed by atoms with Crippen molar-refractivity contribution in [3.8, 4) is 27.1 Å². The predicted molar refractivity (Wildman–Crippen MR) is 178 cm³/mol. The minimum atomic E-state index is -2.95. The first kappa shape index (κ1) is 30.6. The van der Waals surface area contributed by atoms with Crippen LogP contribution in [-0.4, -0.2) is 57.0 Å². The van der Waals surface area contributed by atoms with Crippen molar-refractivity contribution in [3.05, 3.63) is 59.8 Å². The van der Waals surface area contributed by atoms with Gasteiger partial charge in [-0.15, -0.1) is 11.3 Å². The molecule has 2 aromatic carbocycles. The van der Waals surface area contributed by atoms with Gasteiger partial charge in [0, 0.05) is 55.8 Å². The minimum absolute atomic E-state index is 0.0337. The molecule has 0 N–H and O–H groups in total. The average Bonchev–Trinajstić information content (AvgIpc) is 3.71. The normalized spacial score (nSPS) is 24.6. The van der Waals surface area contributed by atoms with E-state index in [4.69, 9.17) is 9.72 Å². The number of ketones is 1. The van der Waals surface area contributed by atoms with Crippen LogP contribution in [-0.2, 0) is 19.4 Å². The standard InChI is InChI=1S/C36H41N3O4S2/c37-24-36(14-15-36)23-32(40)30-6-1-2-7-31(30)33-34(26-8-10-29(11-9-26)39-16-20-45(41,42)21-17-39)44-35(38-33)28-5-3-4-27(22-28)25-12-18-43-19-13-25/h3-5,8-11,22,25,30-31H,1-2,6-7,12-21,23H2/t30-,31-/m1/s1. The van der Waals surface area contributed by atoms with E-state index in [1.54, 1.807) is 11.3 Å². The number of nitrogens with zero attached hydrogens (tertiary/aromatic N) is 3. The average molecular weight is 644 g/mol. The third-order valence-corrected chi connectivity index (χ3v) is 13.2. The van der Waals surface area contributed by atoms with Gasteiger partial charge >= 0.3 is 0 Å². The highest BCUT2D eigenvalue weighted by atomic mass is 32.2. The van der Waals surface area contributed by atoms with Gasteiger partial charge in [-0.05, 0) is 73.8 Å². The number of nitriles is 1. The molecule has 7 nitrogen and oxygen atoms in total. The van der Waals surface area contributed by atoms with Crippen LogP contribution in [0.2, 0.25) is 0 Å². The molecule has 2 aliphatic carbocycles. The zero-order valence-electron chi connectivity index (χ0n) is 25.7. The molecule has 0 spiro atoms. The summed E-state index contributed by atoms with van der Waals surface area (Å²) in [6.07, 6.45) is 7.97. The molecule has 0 radical (unpaired) electrons. The molecule has 2 saturated heterocycles. The lowest BCUT2D eigenvalue weighted by molar-refractivity contribution is -0.125. The molecule has 0 unspecified atom stereocenters. The van der Waals surface area contributed by atoms with Crippen LogP contribution in [0.15, 0.2) is 48.5 Å². The number of hydrogen-bond donors (Lipinski definition) is 0. The lowest BCUT2D eigenvalue weighted by Gasteiger charge is -2.31. The Labute approximate surface area is 270 Å². The van der Waals surface area contributed by atoms with Gasteiger partial charge in [0.1, 0.15) is 10.8 Å². The molecule has 3 aromatic rings. The summed E-state index contributed by atoms with van der Waals surface area (Å²) >= 11 is 1.71. The summed E-state index contributed by atoms with van der Waals surface area (Å²) in [5.41, 5.74) is 5.13. The minimum Gasteiger partial charge on any atom is -0.381 e. The van der Waals surface area contributed by atoms with E-state index in [0.717, 1.165) is 97.0 Å². The Morgan fingerprint density at radius 3 is 2.44 bits per heavy atom. The lowest BCUT2D eigenvalue weighted by atomic mass is 9.73. The topological polar surface area (TPSA) is 100 Å². The van der Waals surface area contributed by atoms with E-state index in [-0.39, 0.29) is 29.1 Å². The number of hydrogen-bond acceptors (Lipinski definition) is 8. The maximum absolute atomic E-state index is 13.8. The van der Waals surface area contributed by atoms with Gasteiger partial charge < -0.3 is 9.64 Å². The Bertz CT molecular complexity index is 1680. The molecule has 2 atom stereocenters. The highest BCUT2D eigenvalue weighted by molar-refractivity contribution is 7.91. The molecule has 236 valence electrons. The van der Waals surface area contributed by atoms with Crippen molar-refractivity contribution < 1.29 is 17.9 Å². The molecular weight excluding hydrogens is 603 g/mol. The Morgan fingerprint density at radius 2 is 1.73 bits per heavy atom. The Balaban J connectivity index is 1.24. The van der Waals surface area contributed by atoms with E-state index >= 15 is 0 Å². The maximum Gasteiger partial charge on any atom is 0.153 e. The number of benzene rings is 2. The predicted octanol–water partition coefficient (Wildman–Crippen LogP) is 7.14. The van der Waals surface area contributed by atoms with Gasteiger partial charge in [-0.2, -0.15) is 5.26 Å². The summed E-state index contributed by atoms with van der Waals surface area (Å²) < 4.78 is 29.6. The number of thiazole rings is 1. The van der Waals surface area contributed by atoms with Crippen molar-refractivity contribution in [1.82, 2.24) is 4.98 Å². The second-order valence-electron chi connectivity index (χ2n) is 13.5. The molecular formula is C36H41N3O4S2. The van der Waals surface area contributed by atoms with Gasteiger partial charge in [0.15, 0.2) is 9.84 Å². The van der Waals surface area contributed by atoms with E-state index in [1.807, 2.05) is 0 Å². The third kappa shape index (κ3) is 6.61. The first-order valence-corrected chi connectivity index (χ1v) is 19.2. The van der Waals surface area contributed by atoms with Crippen molar-refractivity contribution in [2.75, 3.05) is 42.7 Å². The van der Waals surface area contributed by atoms with E-state index in [2.05, 4.69) is 59.5 Å². The third-order valence-electron chi connectivity index (χ3n) is 10.5. The molecule has 7 rings (SSSR count). The van der Waals surface area contributed by atoms with E-state index in [0.29, 0.717) is 25.4 Å². The molecule has 0 bridgehead atoms. The highest BCUT2D eigenvalue weighted by Crippen LogP contribution is 2.52. The van der Waals surface area contributed by atoms with Crippen LogP contribution in [0.25, 0.3) is 21.0 Å². The van der Waals surface area contributed by atoms with Gasteiger partial charge in [-0.25, -0.2) is 13.4 Å². The highest BCUT2D eigenvalue weighted by Gasteiger charge is 2.47. The van der Waals surface area contributed by atoms with E-state index in [9.17, 15) is 18.5 Å². The summed E-state index contributed by atoms with van der Waals surface area (Å²) in [5.74, 6) is 1.02. The van der Waals surface area contributed by atoms with Crippen molar-refractivity contribution in [2.45, 2.75) is 69.6 Å². The fourth-order valence-electron chi connectivity index (χ4n) is 7.45. The van der Waals surface area contributed by atoms with Crippen LogP contribution >= 0.6 is 11.3 Å². The van der Waals surface area contributed by atoms with E-state index in [1.165, 1.54) is 5.56 Å². The monoisotopic (exact) mass is 643 g/mol. The molecule has 9 heteroatoms. The number of carbonyl (C=O) groups excluding carboxylic acids is 1. The second-order valence-corrected chi connectivity index (χ2v) is 16.8. The molecule has 0 amide bonds. The van der Waals surface area contributed by atoms with Crippen molar-refractivity contribution in [1.29, 1.82) is 5.26 Å². The number of carbonyl (C=O) groups is 1. The summed E-state index contributed by atoms with van der Waals surface area (Å²) in [6, 6.07) is 19.7. The number of Topliss-reactive ketones (excluding diaryl/α,β-unsaturated/α-hetero) is 1. The van der Waals surface area contributed by atoms with Gasteiger partial charge in [0.05, 0.1) is 33.6 Å². The molecule has 1 aromatic heterocycles. The number of rotatable bonds is 8. The molecule has 4 aliphatic rings. The van der Waals surface area contributed by atoms with Gasteiger partial charge in [-0.3, -0.25) is 4.79 Å². The smallest absolute Gasteiger partial charge is 0.153 e. The molecule has 4 fully saturated rings. The molecule has 3 heterocycles. The first-order chi connectivity index (χ1) is 21.8. The van der Waals surface area contributed by atoms with Crippen LogP contribution in [0, 0.1) is 22.7 Å². The van der Waals surface area contributed by atoms with Gasteiger partial charge in [0.2, 0.25) is 0 Å². The fraction of sp³-hybridized carbons (Fsp3) is 0.528. The molecule has 2 saturated carbocycles. The summed E-state index contributed by atoms with van der Waals surface area (Å²) in [6.45, 7) is 2.62. The summed E-state index contributed by atoms with van der Waals surface area (Å²) in [7, 11) is -2.95. The summed E-state index contributed by atoms with van der Waals surface area (Å²) in [5, 5.41) is 10.7. The van der Waals surface area contributed by atoms with Crippen molar-refractivity contribution >= 4 is 32.6 Å². The zero-order valence-corrected chi connectivity index (χ0v) is 27.4. The Morgan fingerprint density at radius 1 is 1.00 bits per heavy atom. The van der Waals surface area contributed by atoms with Crippen LogP contribution in [0.1, 0.15) is 80.9 Å². The Hall–Kier alpha value is -3.06. The fourth-order valence-corrected chi connectivity index (χ4v) is 9.79. The quantitative estimate of drug-likeness (QED) is 0.257. The van der Waals surface area contributed by atoms with Crippen LogP contribution < -0.4 is 4.90 Å². The van der Waals surface area contributed by atoms with E-state index < -0.39 is 15.3 Å². The SMILES string of the molecule is N#CC1(CC(=O)[C@@H]2CCCC[C@H]2c2nc(-c3cccc(C4CCOCC4)c3)sc2-c2ccc(N3CCS(=O)(=O)CC3)cc2)CC1. The van der Waals surface area contributed by atoms with Gasteiger partial charge in [-0.1, -0.05) is 43.2 Å². The number of ether oxygens (including phenoxy) is 1. The van der Waals surface area contributed by atoms with Gasteiger partial charge in [0.25, 0.3) is 0 Å². The summed E-state index contributed by atoms with van der Waals surface area (Å²) in [4.78, 5) is 22.4. The second kappa shape index (κ2) is 12.6. The molecule has 45 heavy (non-hydrogen) atoms. The molecule has 2 aliphatic heterocycles. The van der Waals surface area contributed by atoms with Crippen LogP contribution in [0.4, 0.5) is 5.69 Å². The van der Waals surface area contributed by atoms with Crippen molar-refractivity contribution in [2.24, 2.45) is 11.3 Å². The first-order valence-electron chi connectivity index (χ1n) is 16.5. The zero-order chi connectivity index (χ0) is 31.0.